The Balaban J connectivity index is 2.35. The molecule has 0 radical (unpaired) electrons. The molecule has 116 valence electrons. The number of carboxylic acids is 1. The van der Waals surface area contributed by atoms with Crippen LogP contribution >= 0.6 is 11.6 Å². The maximum Gasteiger partial charge on any atom is 0.335 e. The molecule has 6 nitrogen and oxygen atoms in total. The van der Waals surface area contributed by atoms with Crippen LogP contribution in [0.15, 0.2) is 47.6 Å². The van der Waals surface area contributed by atoms with Crippen molar-refractivity contribution in [1.82, 2.24) is 9.71 Å². The van der Waals surface area contributed by atoms with Crippen molar-refractivity contribution in [1.29, 1.82) is 0 Å². The van der Waals surface area contributed by atoms with E-state index < -0.39 is 22.0 Å². The van der Waals surface area contributed by atoms with E-state index in [0.717, 1.165) is 11.6 Å². The Hall–Kier alpha value is -1.96. The topological polar surface area (TPSA) is 96.4 Å². The summed E-state index contributed by atoms with van der Waals surface area (Å²) >= 11 is 5.89. The Kier molecular flexibility index (Phi) is 4.80. The van der Waals surface area contributed by atoms with Gasteiger partial charge in [0.2, 0.25) is 10.0 Å². The maximum absolute atomic E-state index is 12.4. The predicted octanol–water partition coefficient (Wildman–Crippen LogP) is 2.47. The summed E-state index contributed by atoms with van der Waals surface area (Å²) in [4.78, 5) is 14.6. The molecule has 0 fully saturated rings. The summed E-state index contributed by atoms with van der Waals surface area (Å²) in [5.74, 6) is -1.23. The van der Waals surface area contributed by atoms with Gasteiger partial charge in [-0.1, -0.05) is 11.6 Å². The Morgan fingerprint density at radius 3 is 2.50 bits per heavy atom. The summed E-state index contributed by atoms with van der Waals surface area (Å²) in [6, 6.07) is 6.38. The number of carboxylic acid groups (broad SMARTS) is 1. The van der Waals surface area contributed by atoms with E-state index in [1.165, 1.54) is 12.1 Å². The van der Waals surface area contributed by atoms with E-state index in [0.29, 0.717) is 0 Å². The summed E-state index contributed by atoms with van der Waals surface area (Å²) < 4.78 is 27.3. The highest BCUT2D eigenvalue weighted by molar-refractivity contribution is 7.89. The van der Waals surface area contributed by atoms with Gasteiger partial charge in [0.05, 0.1) is 10.6 Å². The van der Waals surface area contributed by atoms with Crippen LogP contribution in [0.1, 0.15) is 28.9 Å². The second-order valence-electron chi connectivity index (χ2n) is 4.57. The Morgan fingerprint density at radius 2 is 1.91 bits per heavy atom. The van der Waals surface area contributed by atoms with Crippen molar-refractivity contribution < 1.29 is 18.3 Å². The lowest BCUT2D eigenvalue weighted by molar-refractivity contribution is 0.0696. The van der Waals surface area contributed by atoms with Gasteiger partial charge in [0.1, 0.15) is 4.90 Å². The first kappa shape index (κ1) is 16.4. The first-order chi connectivity index (χ1) is 10.3. The van der Waals surface area contributed by atoms with Crippen molar-refractivity contribution in [2.45, 2.75) is 17.9 Å². The molecular formula is C14H13ClN2O4S. The van der Waals surface area contributed by atoms with Crippen molar-refractivity contribution in [2.75, 3.05) is 0 Å². The van der Waals surface area contributed by atoms with Crippen LogP contribution in [-0.2, 0) is 10.0 Å². The number of benzene rings is 1. The number of halogens is 1. The summed E-state index contributed by atoms with van der Waals surface area (Å²) in [6.07, 6.45) is 3.11. The van der Waals surface area contributed by atoms with Crippen LogP contribution in [0.5, 0.6) is 0 Å². The quantitative estimate of drug-likeness (QED) is 0.871. The minimum Gasteiger partial charge on any atom is -0.478 e. The minimum absolute atomic E-state index is 0.0422. The van der Waals surface area contributed by atoms with E-state index in [1.807, 2.05) is 0 Å². The molecular weight excluding hydrogens is 328 g/mol. The Bertz CT molecular complexity index is 794. The highest BCUT2D eigenvalue weighted by atomic mass is 35.5. The summed E-state index contributed by atoms with van der Waals surface area (Å²) in [5, 5.41) is 8.92. The molecule has 22 heavy (non-hydrogen) atoms. The molecule has 2 aromatic rings. The molecule has 0 bridgehead atoms. The van der Waals surface area contributed by atoms with Gasteiger partial charge in [-0.3, -0.25) is 4.98 Å². The largest absolute Gasteiger partial charge is 0.478 e. The number of hydrogen-bond donors (Lipinski definition) is 2. The molecule has 0 spiro atoms. The van der Waals surface area contributed by atoms with Crippen LogP contribution in [0.25, 0.3) is 0 Å². The van der Waals surface area contributed by atoms with Crippen LogP contribution in [0, 0.1) is 0 Å². The van der Waals surface area contributed by atoms with Crippen LogP contribution < -0.4 is 4.72 Å². The number of hydrogen-bond acceptors (Lipinski definition) is 4. The molecule has 2 rings (SSSR count). The Labute approximate surface area is 132 Å². The van der Waals surface area contributed by atoms with Gasteiger partial charge in [-0.05, 0) is 42.8 Å². The fraction of sp³-hybridized carbons (Fsp3) is 0.143. The van der Waals surface area contributed by atoms with E-state index >= 15 is 0 Å². The number of pyridine rings is 1. The predicted molar refractivity (Wildman–Crippen MR) is 81.4 cm³/mol. The minimum atomic E-state index is -3.96. The normalized spacial score (nSPS) is 12.8. The molecule has 8 heteroatoms. The second kappa shape index (κ2) is 6.43. The van der Waals surface area contributed by atoms with Gasteiger partial charge < -0.3 is 5.11 Å². The third kappa shape index (κ3) is 3.62. The average molecular weight is 341 g/mol. The molecule has 1 aromatic carbocycles. The standard InChI is InChI=1S/C14H13ClN2O4S/c1-9(10-4-6-16-7-5-10)17-22(20,21)13-8-11(14(18)19)2-3-12(13)15/h2-9,17H,1H3,(H,18,19)/t9-/m1/s1. The molecule has 0 aliphatic carbocycles. The molecule has 0 amide bonds. The molecule has 0 saturated heterocycles. The SMILES string of the molecule is C[C@@H](NS(=O)(=O)c1cc(C(=O)O)ccc1Cl)c1ccncc1. The van der Waals surface area contributed by atoms with Gasteiger partial charge in [-0.25, -0.2) is 17.9 Å². The van der Waals surface area contributed by atoms with Crippen molar-refractivity contribution in [3.63, 3.8) is 0 Å². The molecule has 0 unspecified atom stereocenters. The van der Waals surface area contributed by atoms with Crippen molar-refractivity contribution in [2.24, 2.45) is 0 Å². The monoisotopic (exact) mass is 340 g/mol. The van der Waals surface area contributed by atoms with Crippen molar-refractivity contribution >= 4 is 27.6 Å². The van der Waals surface area contributed by atoms with Crippen LogP contribution in [0.2, 0.25) is 5.02 Å². The smallest absolute Gasteiger partial charge is 0.335 e. The second-order valence-corrected chi connectivity index (χ2v) is 6.66. The van der Waals surface area contributed by atoms with E-state index in [2.05, 4.69) is 9.71 Å². The number of aromatic carboxylic acids is 1. The lowest BCUT2D eigenvalue weighted by Gasteiger charge is -2.15. The zero-order valence-corrected chi connectivity index (χ0v) is 13.1. The van der Waals surface area contributed by atoms with Crippen LogP contribution in [0.4, 0.5) is 0 Å². The lowest BCUT2D eigenvalue weighted by atomic mass is 10.1. The van der Waals surface area contributed by atoms with Crippen LogP contribution in [0.3, 0.4) is 0 Å². The lowest BCUT2D eigenvalue weighted by Crippen LogP contribution is -2.27. The molecule has 2 N–H and O–H groups in total. The van der Waals surface area contributed by atoms with Gasteiger partial charge in [0.15, 0.2) is 0 Å². The zero-order chi connectivity index (χ0) is 16.3. The number of nitrogens with zero attached hydrogens (tertiary/aromatic N) is 1. The van der Waals surface area contributed by atoms with Gasteiger partial charge in [-0.2, -0.15) is 0 Å². The van der Waals surface area contributed by atoms with Gasteiger partial charge in [0, 0.05) is 18.4 Å². The summed E-state index contributed by atoms with van der Waals surface area (Å²) in [5.41, 5.74) is 0.574. The number of aromatic nitrogens is 1. The number of nitrogens with one attached hydrogen (secondary N) is 1. The third-order valence-corrected chi connectivity index (χ3v) is 5.03. The van der Waals surface area contributed by atoms with E-state index in [4.69, 9.17) is 16.7 Å². The first-order valence-electron chi connectivity index (χ1n) is 6.26. The van der Waals surface area contributed by atoms with Gasteiger partial charge in [-0.15, -0.1) is 0 Å². The fourth-order valence-electron chi connectivity index (χ4n) is 1.86. The maximum atomic E-state index is 12.4. The van der Waals surface area contributed by atoms with E-state index in [9.17, 15) is 13.2 Å². The molecule has 0 aliphatic heterocycles. The molecule has 1 heterocycles. The fourth-order valence-corrected chi connectivity index (χ4v) is 3.62. The molecule has 1 aromatic heterocycles. The number of carbonyl (C=O) groups is 1. The zero-order valence-electron chi connectivity index (χ0n) is 11.5. The summed E-state index contributed by atoms with van der Waals surface area (Å²) in [7, 11) is -3.96. The average Bonchev–Trinajstić information content (AvgIpc) is 2.47. The van der Waals surface area contributed by atoms with Gasteiger partial charge >= 0.3 is 5.97 Å². The van der Waals surface area contributed by atoms with Gasteiger partial charge in [0.25, 0.3) is 0 Å². The highest BCUT2D eigenvalue weighted by Crippen LogP contribution is 2.24. The highest BCUT2D eigenvalue weighted by Gasteiger charge is 2.22. The Morgan fingerprint density at radius 1 is 1.27 bits per heavy atom. The summed E-state index contributed by atoms with van der Waals surface area (Å²) in [6.45, 7) is 1.67. The molecule has 1 atom stereocenters. The molecule has 0 saturated carbocycles. The van der Waals surface area contributed by atoms with Crippen molar-refractivity contribution in [3.8, 4) is 0 Å². The third-order valence-electron chi connectivity index (χ3n) is 3.01. The van der Waals surface area contributed by atoms with E-state index in [1.54, 1.807) is 31.5 Å². The number of sulfonamides is 1. The van der Waals surface area contributed by atoms with E-state index in [-0.39, 0.29) is 15.5 Å². The first-order valence-corrected chi connectivity index (χ1v) is 8.12. The number of rotatable bonds is 5. The van der Waals surface area contributed by atoms with Crippen molar-refractivity contribution in [3.05, 3.63) is 58.9 Å². The molecule has 0 aliphatic rings. The van der Waals surface area contributed by atoms with Crippen LogP contribution in [-0.4, -0.2) is 24.5 Å².